The van der Waals surface area contributed by atoms with E-state index in [1.54, 1.807) is 0 Å². The van der Waals surface area contributed by atoms with Crippen molar-refractivity contribution in [3.8, 4) is 0 Å². The number of hydrogen-bond acceptors (Lipinski definition) is 6. The van der Waals surface area contributed by atoms with Gasteiger partial charge >= 0.3 is 18.5 Å². The highest BCUT2D eigenvalue weighted by molar-refractivity contribution is 5.90. The number of hydroxylamine groups is 2. The largest absolute Gasteiger partial charge is 0.442 e. The predicted octanol–water partition coefficient (Wildman–Crippen LogP) is 1.06. The Morgan fingerprint density at radius 1 is 1.19 bits per heavy atom. The third-order valence-electron chi connectivity index (χ3n) is 4.83. The molecular weight excluding hydrogens is 442 g/mol. The molecule has 14 heteroatoms. The minimum atomic E-state index is -3.22. The standard InChI is InChI=1S/C18H21F4N5O5/c1-23-17(29)27-3-2-25(4-5-31-27)14-12(19)6-10(7-13(14)20)26-9-11(32-18(26)30)8-24-16(28)15(21)22/h6-7,11,15H,2-5,8-9H2,1H3,(H,23,29)(H,24,28)/t11-/m0/s1. The number of nitrogens with one attached hydrogen (secondary N) is 2. The molecule has 2 heterocycles. The fourth-order valence-corrected chi connectivity index (χ4v) is 3.30. The number of nitrogens with zero attached hydrogens (tertiary/aromatic N) is 3. The topological polar surface area (TPSA) is 103 Å². The van der Waals surface area contributed by atoms with Crippen LogP contribution < -0.4 is 20.4 Å². The minimum absolute atomic E-state index is 0.0124. The number of anilines is 2. The first-order chi connectivity index (χ1) is 15.2. The fourth-order valence-electron chi connectivity index (χ4n) is 3.30. The molecule has 0 unspecified atom stereocenters. The van der Waals surface area contributed by atoms with Crippen LogP contribution in [-0.4, -0.2) is 82.0 Å². The molecule has 0 spiro atoms. The van der Waals surface area contributed by atoms with Crippen LogP contribution in [0, 0.1) is 11.6 Å². The summed E-state index contributed by atoms with van der Waals surface area (Å²) < 4.78 is 59.1. The summed E-state index contributed by atoms with van der Waals surface area (Å²) in [6.45, 7) is -0.288. The van der Waals surface area contributed by atoms with Crippen molar-refractivity contribution in [3.05, 3.63) is 23.8 Å². The molecule has 176 valence electrons. The van der Waals surface area contributed by atoms with Crippen molar-refractivity contribution in [3.63, 3.8) is 0 Å². The van der Waals surface area contributed by atoms with Crippen LogP contribution in [0.4, 0.5) is 38.5 Å². The highest BCUT2D eigenvalue weighted by Crippen LogP contribution is 2.31. The van der Waals surface area contributed by atoms with E-state index in [4.69, 9.17) is 9.57 Å². The molecule has 1 aromatic carbocycles. The summed E-state index contributed by atoms with van der Waals surface area (Å²) in [4.78, 5) is 42.3. The first kappa shape index (κ1) is 23.4. The first-order valence-corrected chi connectivity index (χ1v) is 9.61. The van der Waals surface area contributed by atoms with E-state index in [0.29, 0.717) is 0 Å². The summed E-state index contributed by atoms with van der Waals surface area (Å²) in [7, 11) is 1.42. The second-order valence-corrected chi connectivity index (χ2v) is 6.90. The number of urea groups is 1. The number of amides is 4. The summed E-state index contributed by atoms with van der Waals surface area (Å²) in [6.07, 6.45) is -5.11. The second kappa shape index (κ2) is 9.89. The monoisotopic (exact) mass is 463 g/mol. The van der Waals surface area contributed by atoms with Crippen molar-refractivity contribution < 1.29 is 41.5 Å². The van der Waals surface area contributed by atoms with Crippen LogP contribution >= 0.6 is 0 Å². The molecule has 1 aromatic rings. The van der Waals surface area contributed by atoms with Crippen molar-refractivity contribution in [1.82, 2.24) is 15.7 Å². The normalized spacial score (nSPS) is 19.1. The lowest BCUT2D eigenvalue weighted by Crippen LogP contribution is -2.40. The van der Waals surface area contributed by atoms with Gasteiger partial charge < -0.3 is 20.3 Å². The number of rotatable bonds is 5. The summed E-state index contributed by atoms with van der Waals surface area (Å²) >= 11 is 0. The average Bonchev–Trinajstić information content (AvgIpc) is 2.95. The highest BCUT2D eigenvalue weighted by Gasteiger charge is 2.34. The van der Waals surface area contributed by atoms with Gasteiger partial charge in [-0.25, -0.2) is 23.4 Å². The quantitative estimate of drug-likeness (QED) is 0.634. The summed E-state index contributed by atoms with van der Waals surface area (Å²) in [5.41, 5.74) is -0.473. The first-order valence-electron chi connectivity index (χ1n) is 9.61. The molecule has 2 N–H and O–H groups in total. The number of halogens is 4. The van der Waals surface area contributed by atoms with Crippen molar-refractivity contribution in [1.29, 1.82) is 0 Å². The van der Waals surface area contributed by atoms with E-state index in [1.807, 2.05) is 5.32 Å². The maximum absolute atomic E-state index is 14.8. The molecule has 0 saturated carbocycles. The summed E-state index contributed by atoms with van der Waals surface area (Å²) in [5.74, 6) is -3.41. The molecule has 2 aliphatic rings. The molecule has 4 amide bonds. The zero-order chi connectivity index (χ0) is 23.4. The number of alkyl halides is 2. The van der Waals surface area contributed by atoms with Crippen LogP contribution in [0.5, 0.6) is 0 Å². The Bertz CT molecular complexity index is 866. The molecule has 0 aliphatic carbocycles. The van der Waals surface area contributed by atoms with Crippen LogP contribution in [0.3, 0.4) is 0 Å². The van der Waals surface area contributed by atoms with E-state index in [9.17, 15) is 31.9 Å². The SMILES string of the molecule is CNC(=O)N1CCN(c2c(F)cc(N3C[C@H](CNC(=O)C(F)F)OC3=O)cc2F)CCO1. The van der Waals surface area contributed by atoms with Crippen LogP contribution in [0.2, 0.25) is 0 Å². The van der Waals surface area contributed by atoms with Crippen molar-refractivity contribution in [2.75, 3.05) is 56.2 Å². The van der Waals surface area contributed by atoms with Crippen LogP contribution in [0.1, 0.15) is 0 Å². The van der Waals surface area contributed by atoms with Gasteiger partial charge in [-0.3, -0.25) is 14.5 Å². The zero-order valence-corrected chi connectivity index (χ0v) is 16.9. The van der Waals surface area contributed by atoms with E-state index in [2.05, 4.69) is 5.32 Å². The summed E-state index contributed by atoms with van der Waals surface area (Å²) in [6, 6.07) is 1.40. The van der Waals surface area contributed by atoms with Gasteiger partial charge in [0.1, 0.15) is 11.8 Å². The lowest BCUT2D eigenvalue weighted by molar-refractivity contribution is -0.132. The Hall–Kier alpha value is -3.29. The van der Waals surface area contributed by atoms with E-state index < -0.39 is 42.2 Å². The molecular formula is C18H21F4N5O5. The predicted molar refractivity (Wildman–Crippen MR) is 102 cm³/mol. The van der Waals surface area contributed by atoms with Crippen LogP contribution in [-0.2, 0) is 14.4 Å². The highest BCUT2D eigenvalue weighted by atomic mass is 19.3. The lowest BCUT2D eigenvalue weighted by atomic mass is 10.2. The van der Waals surface area contributed by atoms with Crippen molar-refractivity contribution in [2.45, 2.75) is 12.5 Å². The Morgan fingerprint density at radius 2 is 1.88 bits per heavy atom. The number of ether oxygens (including phenoxy) is 1. The van der Waals surface area contributed by atoms with Gasteiger partial charge in [-0.1, -0.05) is 0 Å². The van der Waals surface area contributed by atoms with E-state index in [1.165, 1.54) is 11.9 Å². The number of carbonyl (C=O) groups is 3. The molecule has 10 nitrogen and oxygen atoms in total. The number of hydrogen-bond donors (Lipinski definition) is 2. The Kier molecular flexibility index (Phi) is 7.22. The molecule has 0 radical (unpaired) electrons. The maximum Gasteiger partial charge on any atom is 0.414 e. The third kappa shape index (κ3) is 5.12. The third-order valence-corrected chi connectivity index (χ3v) is 4.83. The lowest BCUT2D eigenvalue weighted by Gasteiger charge is -2.24. The number of benzene rings is 1. The fraction of sp³-hybridized carbons (Fsp3) is 0.500. The zero-order valence-electron chi connectivity index (χ0n) is 16.9. The molecule has 0 aromatic heterocycles. The van der Waals surface area contributed by atoms with E-state index >= 15 is 0 Å². The molecule has 1 atom stereocenters. The smallest absolute Gasteiger partial charge is 0.414 e. The van der Waals surface area contributed by atoms with Crippen LogP contribution in [0.15, 0.2) is 12.1 Å². The maximum atomic E-state index is 14.8. The van der Waals surface area contributed by atoms with Crippen molar-refractivity contribution >= 4 is 29.4 Å². The van der Waals surface area contributed by atoms with E-state index in [0.717, 1.165) is 22.1 Å². The van der Waals surface area contributed by atoms with Gasteiger partial charge in [-0.2, -0.15) is 8.78 Å². The number of cyclic esters (lactones) is 1. The number of carbonyl (C=O) groups excluding carboxylic acids is 3. The molecule has 3 rings (SSSR count). The summed E-state index contributed by atoms with van der Waals surface area (Å²) in [5, 5.41) is 5.37. The van der Waals surface area contributed by atoms with Gasteiger partial charge in [-0.15, -0.1) is 0 Å². The average molecular weight is 463 g/mol. The molecule has 2 fully saturated rings. The van der Waals surface area contributed by atoms with Crippen molar-refractivity contribution in [2.24, 2.45) is 0 Å². The molecule has 2 saturated heterocycles. The molecule has 2 aliphatic heterocycles. The minimum Gasteiger partial charge on any atom is -0.442 e. The van der Waals surface area contributed by atoms with Gasteiger partial charge in [0.05, 0.1) is 31.9 Å². The van der Waals surface area contributed by atoms with Gasteiger partial charge in [-0.05, 0) is 0 Å². The molecule has 0 bridgehead atoms. The van der Waals surface area contributed by atoms with Crippen LogP contribution in [0.25, 0.3) is 0 Å². The Morgan fingerprint density at radius 3 is 2.50 bits per heavy atom. The van der Waals surface area contributed by atoms with Gasteiger partial charge in [0.15, 0.2) is 11.6 Å². The van der Waals surface area contributed by atoms with Gasteiger partial charge in [0.25, 0.3) is 5.91 Å². The Labute approximate surface area is 180 Å². The second-order valence-electron chi connectivity index (χ2n) is 6.90. The van der Waals surface area contributed by atoms with E-state index in [-0.39, 0.29) is 50.7 Å². The Balaban J connectivity index is 1.70. The van der Waals surface area contributed by atoms with Gasteiger partial charge in [0, 0.05) is 32.3 Å². The van der Waals surface area contributed by atoms with Gasteiger partial charge in [0.2, 0.25) is 0 Å². The molecule has 32 heavy (non-hydrogen) atoms.